The maximum atomic E-state index is 12.7. The standard InChI is InChI=1S/C26H24N2O4/c1-30-23-13-12-21(25(15-23)31-2)17-28-26(29)22(16-27)14-20-10-6-7-11-24(20)32-18-19-8-4-3-5-9-19/h3-15H,17-18H2,1-2H3,(H,28,29)/b22-14+. The van der Waals surface area contributed by atoms with Gasteiger partial charge in [-0.3, -0.25) is 4.79 Å². The van der Waals surface area contributed by atoms with Crippen LogP contribution < -0.4 is 19.5 Å². The monoisotopic (exact) mass is 428 g/mol. The molecule has 0 saturated carbocycles. The summed E-state index contributed by atoms with van der Waals surface area (Å²) in [4.78, 5) is 12.7. The molecule has 6 heteroatoms. The summed E-state index contributed by atoms with van der Waals surface area (Å²) in [5.74, 6) is 1.35. The molecular weight excluding hydrogens is 404 g/mol. The van der Waals surface area contributed by atoms with E-state index in [2.05, 4.69) is 5.32 Å². The minimum Gasteiger partial charge on any atom is -0.497 e. The Labute approximate surface area is 187 Å². The molecule has 6 nitrogen and oxygen atoms in total. The molecule has 0 aliphatic carbocycles. The predicted molar refractivity (Wildman–Crippen MR) is 122 cm³/mol. The highest BCUT2D eigenvalue weighted by Gasteiger charge is 2.13. The van der Waals surface area contributed by atoms with Crippen molar-refractivity contribution in [1.82, 2.24) is 5.32 Å². The van der Waals surface area contributed by atoms with E-state index in [0.29, 0.717) is 29.4 Å². The number of ether oxygens (including phenoxy) is 3. The molecule has 0 spiro atoms. The van der Waals surface area contributed by atoms with E-state index in [4.69, 9.17) is 14.2 Å². The van der Waals surface area contributed by atoms with Gasteiger partial charge in [0.05, 0.1) is 14.2 Å². The van der Waals surface area contributed by atoms with Gasteiger partial charge in [-0.15, -0.1) is 0 Å². The Bertz CT molecular complexity index is 1130. The molecule has 3 aromatic rings. The van der Waals surface area contributed by atoms with Gasteiger partial charge >= 0.3 is 0 Å². The van der Waals surface area contributed by atoms with E-state index in [1.807, 2.05) is 54.6 Å². The molecule has 0 unspecified atom stereocenters. The van der Waals surface area contributed by atoms with E-state index in [0.717, 1.165) is 11.1 Å². The van der Waals surface area contributed by atoms with Crippen LogP contribution in [0.1, 0.15) is 16.7 Å². The van der Waals surface area contributed by atoms with Crippen LogP contribution in [-0.4, -0.2) is 20.1 Å². The van der Waals surface area contributed by atoms with Crippen molar-refractivity contribution >= 4 is 12.0 Å². The number of nitrogens with zero attached hydrogens (tertiary/aromatic N) is 1. The Hall–Kier alpha value is -4.24. The van der Waals surface area contributed by atoms with Crippen LogP contribution in [0.5, 0.6) is 17.2 Å². The molecule has 3 aromatic carbocycles. The van der Waals surface area contributed by atoms with Crippen molar-refractivity contribution in [3.05, 3.63) is 95.1 Å². The second-order valence-corrected chi connectivity index (χ2v) is 6.84. The number of para-hydroxylation sites is 1. The van der Waals surface area contributed by atoms with Crippen molar-refractivity contribution in [2.24, 2.45) is 0 Å². The smallest absolute Gasteiger partial charge is 0.262 e. The molecule has 32 heavy (non-hydrogen) atoms. The maximum absolute atomic E-state index is 12.7. The van der Waals surface area contributed by atoms with E-state index in [9.17, 15) is 10.1 Å². The molecule has 0 atom stereocenters. The van der Waals surface area contributed by atoms with E-state index in [1.54, 1.807) is 38.5 Å². The summed E-state index contributed by atoms with van der Waals surface area (Å²) in [6.45, 7) is 0.591. The van der Waals surface area contributed by atoms with Gasteiger partial charge in [0.2, 0.25) is 0 Å². The number of hydrogen-bond donors (Lipinski definition) is 1. The van der Waals surface area contributed by atoms with Gasteiger partial charge < -0.3 is 19.5 Å². The molecule has 162 valence electrons. The lowest BCUT2D eigenvalue weighted by Crippen LogP contribution is -2.24. The highest BCUT2D eigenvalue weighted by Crippen LogP contribution is 2.25. The van der Waals surface area contributed by atoms with Crippen molar-refractivity contribution in [3.8, 4) is 23.3 Å². The first-order valence-electron chi connectivity index (χ1n) is 10.0. The molecule has 3 rings (SSSR count). The number of nitrogens with one attached hydrogen (secondary N) is 1. The summed E-state index contributed by atoms with van der Waals surface area (Å²) in [5.41, 5.74) is 2.42. The molecule has 1 N–H and O–H groups in total. The second kappa shape index (κ2) is 11.2. The van der Waals surface area contributed by atoms with Gasteiger partial charge in [0.1, 0.15) is 35.5 Å². The maximum Gasteiger partial charge on any atom is 0.262 e. The van der Waals surface area contributed by atoms with Crippen molar-refractivity contribution in [3.63, 3.8) is 0 Å². The van der Waals surface area contributed by atoms with E-state index in [1.165, 1.54) is 6.08 Å². The zero-order valence-electron chi connectivity index (χ0n) is 18.0. The number of rotatable bonds is 9. The normalized spacial score (nSPS) is 10.7. The fourth-order valence-electron chi connectivity index (χ4n) is 3.04. The number of hydrogen-bond acceptors (Lipinski definition) is 5. The first-order chi connectivity index (χ1) is 15.6. The zero-order valence-corrected chi connectivity index (χ0v) is 18.0. The highest BCUT2D eigenvalue weighted by molar-refractivity contribution is 6.01. The molecule has 0 bridgehead atoms. The molecule has 0 aliphatic heterocycles. The predicted octanol–water partition coefficient (Wildman–Crippen LogP) is 4.51. The summed E-state index contributed by atoms with van der Waals surface area (Å²) in [7, 11) is 3.12. The number of carbonyl (C=O) groups is 1. The minimum absolute atomic E-state index is 0.0201. The Kier molecular flexibility index (Phi) is 7.88. The van der Waals surface area contributed by atoms with Crippen molar-refractivity contribution < 1.29 is 19.0 Å². The third-order valence-electron chi connectivity index (χ3n) is 4.75. The quantitative estimate of drug-likeness (QED) is 0.401. The first-order valence-corrected chi connectivity index (χ1v) is 10.0. The average molecular weight is 428 g/mol. The topological polar surface area (TPSA) is 80.6 Å². The number of methoxy groups -OCH3 is 2. The molecule has 0 radical (unpaired) electrons. The Morgan fingerprint density at radius 2 is 1.72 bits per heavy atom. The van der Waals surface area contributed by atoms with Crippen molar-refractivity contribution in [1.29, 1.82) is 5.26 Å². The average Bonchev–Trinajstić information content (AvgIpc) is 2.85. The van der Waals surface area contributed by atoms with Crippen LogP contribution in [-0.2, 0) is 17.9 Å². The molecule has 1 amide bonds. The van der Waals surface area contributed by atoms with Crippen LogP contribution in [0.4, 0.5) is 0 Å². The summed E-state index contributed by atoms with van der Waals surface area (Å²) in [6, 6.07) is 24.4. The van der Waals surface area contributed by atoms with E-state index < -0.39 is 5.91 Å². The van der Waals surface area contributed by atoms with Crippen molar-refractivity contribution in [2.75, 3.05) is 14.2 Å². The number of nitriles is 1. The second-order valence-electron chi connectivity index (χ2n) is 6.84. The van der Waals surface area contributed by atoms with E-state index in [-0.39, 0.29) is 12.1 Å². The molecule has 0 fully saturated rings. The number of benzene rings is 3. The van der Waals surface area contributed by atoms with Crippen LogP contribution in [0.15, 0.2) is 78.4 Å². The van der Waals surface area contributed by atoms with Crippen LogP contribution in [0.25, 0.3) is 6.08 Å². The van der Waals surface area contributed by atoms with Crippen LogP contribution in [0.3, 0.4) is 0 Å². The van der Waals surface area contributed by atoms with Gasteiger partial charge in [0.15, 0.2) is 0 Å². The van der Waals surface area contributed by atoms with Gasteiger partial charge in [-0.25, -0.2) is 0 Å². The SMILES string of the molecule is COc1ccc(CNC(=O)/C(C#N)=C/c2ccccc2OCc2ccccc2)c(OC)c1. The Balaban J connectivity index is 1.72. The van der Waals surface area contributed by atoms with Crippen LogP contribution in [0.2, 0.25) is 0 Å². The lowest BCUT2D eigenvalue weighted by atomic mass is 10.1. The summed E-state index contributed by atoms with van der Waals surface area (Å²) in [5, 5.41) is 12.3. The lowest BCUT2D eigenvalue weighted by Gasteiger charge is -2.12. The van der Waals surface area contributed by atoms with Gasteiger partial charge in [0.25, 0.3) is 5.91 Å². The molecule has 0 aromatic heterocycles. The third kappa shape index (κ3) is 5.89. The molecule has 0 saturated heterocycles. The first kappa shape index (κ1) is 22.4. The summed E-state index contributed by atoms with van der Waals surface area (Å²) < 4.78 is 16.5. The Morgan fingerprint density at radius 1 is 0.969 bits per heavy atom. The molecular formula is C26H24N2O4. The number of carbonyl (C=O) groups excluding carboxylic acids is 1. The van der Waals surface area contributed by atoms with Gasteiger partial charge in [-0.05, 0) is 29.8 Å². The third-order valence-corrected chi connectivity index (χ3v) is 4.75. The van der Waals surface area contributed by atoms with Gasteiger partial charge in [-0.2, -0.15) is 5.26 Å². The number of amides is 1. The highest BCUT2D eigenvalue weighted by atomic mass is 16.5. The minimum atomic E-state index is -0.483. The van der Waals surface area contributed by atoms with Crippen LogP contribution in [0, 0.1) is 11.3 Å². The summed E-state index contributed by atoms with van der Waals surface area (Å²) >= 11 is 0. The molecule has 0 heterocycles. The van der Waals surface area contributed by atoms with Crippen molar-refractivity contribution in [2.45, 2.75) is 13.2 Å². The van der Waals surface area contributed by atoms with Gasteiger partial charge in [-0.1, -0.05) is 48.5 Å². The Morgan fingerprint density at radius 3 is 2.44 bits per heavy atom. The molecule has 0 aliphatic rings. The van der Waals surface area contributed by atoms with Crippen LogP contribution >= 0.6 is 0 Å². The summed E-state index contributed by atoms with van der Waals surface area (Å²) in [6.07, 6.45) is 1.53. The lowest BCUT2D eigenvalue weighted by molar-refractivity contribution is -0.117. The largest absolute Gasteiger partial charge is 0.497 e. The zero-order chi connectivity index (χ0) is 22.8. The fraction of sp³-hybridized carbons (Fsp3) is 0.154. The fourth-order valence-corrected chi connectivity index (χ4v) is 3.04. The van der Waals surface area contributed by atoms with Gasteiger partial charge in [0, 0.05) is 23.7 Å². The van der Waals surface area contributed by atoms with E-state index >= 15 is 0 Å².